The molecule has 0 saturated heterocycles. The summed E-state index contributed by atoms with van der Waals surface area (Å²) < 4.78 is 10.8. The lowest BCUT2D eigenvalue weighted by Gasteiger charge is -2.10. The van der Waals surface area contributed by atoms with Crippen LogP contribution in [0.4, 0.5) is 5.82 Å². The predicted octanol–water partition coefficient (Wildman–Crippen LogP) is 3.24. The number of nitrogens with one attached hydrogen (secondary N) is 2. The number of likely N-dealkylation sites (N-methyl/N-ethyl adjacent to an activating group) is 1. The Labute approximate surface area is 176 Å². The lowest BCUT2D eigenvalue weighted by atomic mass is 10.1. The van der Waals surface area contributed by atoms with Gasteiger partial charge in [-0.2, -0.15) is 0 Å². The molecule has 0 unspecified atom stereocenters. The van der Waals surface area contributed by atoms with Gasteiger partial charge < -0.3 is 20.1 Å². The van der Waals surface area contributed by atoms with Gasteiger partial charge >= 0.3 is 0 Å². The minimum atomic E-state index is -0.159. The summed E-state index contributed by atoms with van der Waals surface area (Å²) in [5.74, 6) is 2.77. The molecule has 1 amide bonds. The zero-order valence-electron chi connectivity index (χ0n) is 17.4. The van der Waals surface area contributed by atoms with Crippen LogP contribution in [-0.4, -0.2) is 43.2 Å². The fourth-order valence-corrected chi connectivity index (χ4v) is 2.94. The first kappa shape index (κ1) is 21.1. The number of aryl methyl sites for hydroxylation is 1. The number of hydrogen-bond donors (Lipinski definition) is 2. The molecule has 2 N–H and O–H groups in total. The van der Waals surface area contributed by atoms with E-state index in [-0.39, 0.29) is 12.5 Å². The predicted molar refractivity (Wildman–Crippen MR) is 117 cm³/mol. The van der Waals surface area contributed by atoms with Crippen LogP contribution in [0.2, 0.25) is 0 Å². The Kier molecular flexibility index (Phi) is 7.21. The molecule has 3 aromatic rings. The third-order valence-electron chi connectivity index (χ3n) is 4.47. The molecule has 0 aliphatic carbocycles. The second kappa shape index (κ2) is 10.2. The van der Waals surface area contributed by atoms with Crippen molar-refractivity contribution < 1.29 is 14.3 Å². The molecule has 0 aliphatic rings. The number of ether oxygens (including phenoxy) is 2. The average Bonchev–Trinajstić information content (AvgIpc) is 2.77. The van der Waals surface area contributed by atoms with Gasteiger partial charge in [0.25, 0.3) is 5.91 Å². The van der Waals surface area contributed by atoms with E-state index < -0.39 is 0 Å². The lowest BCUT2D eigenvalue weighted by Crippen LogP contribution is -2.24. The third kappa shape index (κ3) is 5.94. The maximum absolute atomic E-state index is 11.3. The van der Waals surface area contributed by atoms with Crippen LogP contribution in [0.15, 0.2) is 54.6 Å². The monoisotopic (exact) mass is 406 g/mol. The van der Waals surface area contributed by atoms with Gasteiger partial charge in [-0.3, -0.25) is 4.79 Å². The van der Waals surface area contributed by atoms with Crippen molar-refractivity contribution in [3.8, 4) is 22.8 Å². The van der Waals surface area contributed by atoms with Crippen LogP contribution < -0.4 is 20.1 Å². The van der Waals surface area contributed by atoms with Gasteiger partial charge in [0.1, 0.15) is 23.1 Å². The van der Waals surface area contributed by atoms with E-state index in [9.17, 15) is 4.79 Å². The third-order valence-corrected chi connectivity index (χ3v) is 4.47. The van der Waals surface area contributed by atoms with Crippen LogP contribution in [0, 0.1) is 6.92 Å². The molecule has 0 bridgehead atoms. The highest BCUT2D eigenvalue weighted by Crippen LogP contribution is 2.24. The van der Waals surface area contributed by atoms with Gasteiger partial charge in [-0.05, 0) is 43.2 Å². The number of aromatic nitrogens is 2. The molecule has 0 aliphatic heterocycles. The summed E-state index contributed by atoms with van der Waals surface area (Å²) in [7, 11) is 3.23. The molecular formula is C23H26N4O3. The van der Waals surface area contributed by atoms with Gasteiger partial charge in [0.05, 0.1) is 12.8 Å². The Morgan fingerprint density at radius 3 is 2.63 bits per heavy atom. The van der Waals surface area contributed by atoms with Gasteiger partial charge in [-0.1, -0.05) is 24.3 Å². The molecule has 0 spiro atoms. The first-order chi connectivity index (χ1) is 14.6. The summed E-state index contributed by atoms with van der Waals surface area (Å²) >= 11 is 0. The van der Waals surface area contributed by atoms with E-state index in [0.717, 1.165) is 34.8 Å². The first-order valence-electron chi connectivity index (χ1n) is 9.73. The molecule has 1 heterocycles. The molecule has 3 rings (SSSR count). The Bertz CT molecular complexity index is 1010. The van der Waals surface area contributed by atoms with Crippen LogP contribution in [0.1, 0.15) is 11.4 Å². The number of hydrogen-bond acceptors (Lipinski definition) is 6. The molecule has 2 aromatic carbocycles. The van der Waals surface area contributed by atoms with Crippen LogP contribution in [-0.2, 0) is 11.2 Å². The normalized spacial score (nSPS) is 10.4. The van der Waals surface area contributed by atoms with Crippen molar-refractivity contribution in [2.75, 3.05) is 32.6 Å². The van der Waals surface area contributed by atoms with E-state index in [4.69, 9.17) is 9.47 Å². The number of benzene rings is 2. The number of amides is 1. The number of carbonyl (C=O) groups excluding carboxylic acids is 1. The van der Waals surface area contributed by atoms with Crippen molar-refractivity contribution in [1.82, 2.24) is 15.3 Å². The zero-order valence-corrected chi connectivity index (χ0v) is 17.4. The molecule has 0 radical (unpaired) electrons. The Morgan fingerprint density at radius 1 is 1.03 bits per heavy atom. The fourth-order valence-electron chi connectivity index (χ4n) is 2.94. The molecule has 0 saturated carbocycles. The van der Waals surface area contributed by atoms with E-state index in [2.05, 4.69) is 20.6 Å². The minimum Gasteiger partial charge on any atom is -0.497 e. The second-order valence-corrected chi connectivity index (χ2v) is 6.70. The van der Waals surface area contributed by atoms with Gasteiger partial charge in [0, 0.05) is 25.2 Å². The second-order valence-electron chi connectivity index (χ2n) is 6.70. The minimum absolute atomic E-state index is 0.00542. The highest BCUT2D eigenvalue weighted by Gasteiger charge is 2.06. The molecule has 7 nitrogen and oxygen atoms in total. The number of carbonyl (C=O) groups is 1. The quantitative estimate of drug-likeness (QED) is 0.567. The van der Waals surface area contributed by atoms with Crippen molar-refractivity contribution >= 4 is 11.7 Å². The fraction of sp³-hybridized carbons (Fsp3) is 0.261. The summed E-state index contributed by atoms with van der Waals surface area (Å²) in [6.07, 6.45) is 0.786. The summed E-state index contributed by atoms with van der Waals surface area (Å²) in [6, 6.07) is 17.5. The van der Waals surface area contributed by atoms with Gasteiger partial charge in [-0.15, -0.1) is 0 Å². The molecule has 0 fully saturated rings. The van der Waals surface area contributed by atoms with Crippen LogP contribution in [0.3, 0.4) is 0 Å². The van der Waals surface area contributed by atoms with E-state index >= 15 is 0 Å². The van der Waals surface area contributed by atoms with E-state index in [0.29, 0.717) is 18.1 Å². The van der Waals surface area contributed by atoms with Crippen molar-refractivity contribution in [3.05, 3.63) is 66.0 Å². The zero-order chi connectivity index (χ0) is 21.3. The first-order valence-corrected chi connectivity index (χ1v) is 9.73. The van der Waals surface area contributed by atoms with E-state index in [1.807, 2.05) is 61.5 Å². The molecular weight excluding hydrogens is 380 g/mol. The summed E-state index contributed by atoms with van der Waals surface area (Å²) in [4.78, 5) is 20.4. The van der Waals surface area contributed by atoms with Crippen LogP contribution in [0.25, 0.3) is 11.3 Å². The smallest absolute Gasteiger partial charge is 0.257 e. The Morgan fingerprint density at radius 2 is 1.83 bits per heavy atom. The Hall–Kier alpha value is -3.61. The molecule has 7 heteroatoms. The van der Waals surface area contributed by atoms with Crippen LogP contribution in [0.5, 0.6) is 11.5 Å². The van der Waals surface area contributed by atoms with Crippen molar-refractivity contribution in [2.45, 2.75) is 13.3 Å². The molecule has 1 aromatic heterocycles. The standard InChI is InChI=1S/C23H26N4O3/c1-16-26-21(18-7-5-8-19(13-18)29-3)14-22(27-16)25-11-10-17-6-4-9-20(12-17)30-15-23(28)24-2/h4-9,12-14H,10-11,15H2,1-3H3,(H,24,28)(H,25,26,27). The maximum Gasteiger partial charge on any atom is 0.257 e. The Balaban J connectivity index is 1.62. The number of rotatable bonds is 9. The maximum atomic E-state index is 11.3. The van der Waals surface area contributed by atoms with Crippen LogP contribution >= 0.6 is 0 Å². The topological polar surface area (TPSA) is 85.4 Å². The van der Waals surface area contributed by atoms with Gasteiger partial charge in [-0.25, -0.2) is 9.97 Å². The SMILES string of the molecule is CNC(=O)COc1cccc(CCNc2cc(-c3cccc(OC)c3)nc(C)n2)c1. The molecule has 0 atom stereocenters. The highest BCUT2D eigenvalue weighted by atomic mass is 16.5. The number of nitrogens with zero attached hydrogens (tertiary/aromatic N) is 2. The average molecular weight is 406 g/mol. The van der Waals surface area contributed by atoms with Gasteiger partial charge in [0.2, 0.25) is 0 Å². The lowest BCUT2D eigenvalue weighted by molar-refractivity contribution is -0.122. The molecule has 30 heavy (non-hydrogen) atoms. The largest absolute Gasteiger partial charge is 0.497 e. The summed E-state index contributed by atoms with van der Waals surface area (Å²) in [6.45, 7) is 2.58. The number of methoxy groups -OCH3 is 1. The van der Waals surface area contributed by atoms with Gasteiger partial charge in [0.15, 0.2) is 6.61 Å². The summed E-state index contributed by atoms with van der Waals surface area (Å²) in [5.41, 5.74) is 2.92. The molecule has 156 valence electrons. The van der Waals surface area contributed by atoms with Crippen molar-refractivity contribution in [2.24, 2.45) is 0 Å². The van der Waals surface area contributed by atoms with E-state index in [1.165, 1.54) is 0 Å². The summed E-state index contributed by atoms with van der Waals surface area (Å²) in [5, 5.41) is 5.90. The van der Waals surface area contributed by atoms with E-state index in [1.54, 1.807) is 14.2 Å². The number of anilines is 1. The highest BCUT2D eigenvalue weighted by molar-refractivity contribution is 5.77. The van der Waals surface area contributed by atoms with Crippen molar-refractivity contribution in [1.29, 1.82) is 0 Å². The van der Waals surface area contributed by atoms with Crippen molar-refractivity contribution in [3.63, 3.8) is 0 Å².